The van der Waals surface area contributed by atoms with Gasteiger partial charge in [0.1, 0.15) is 5.75 Å². The summed E-state index contributed by atoms with van der Waals surface area (Å²) < 4.78 is 5.02. The lowest BCUT2D eigenvalue weighted by molar-refractivity contribution is -0.125. The van der Waals surface area contributed by atoms with E-state index in [0.29, 0.717) is 6.42 Å². The number of hydrogen-bond donors (Lipinski definition) is 3. The van der Waals surface area contributed by atoms with Gasteiger partial charge in [0.2, 0.25) is 11.8 Å². The molecule has 1 aromatic rings. The second-order valence-corrected chi connectivity index (χ2v) is 3.84. The topological polar surface area (TPSA) is 107 Å². The first-order valence-electron chi connectivity index (χ1n) is 5.47. The fraction of sp³-hybridized carbons (Fsp3) is 0.333. The third-order valence-corrected chi connectivity index (χ3v) is 2.39. The number of carbonyl (C=O) groups excluding carboxylic acids is 2. The van der Waals surface area contributed by atoms with Crippen LogP contribution in [0.25, 0.3) is 0 Å². The van der Waals surface area contributed by atoms with E-state index in [4.69, 9.17) is 16.2 Å². The summed E-state index contributed by atoms with van der Waals surface area (Å²) in [4.78, 5) is 22.0. The lowest BCUT2D eigenvalue weighted by Crippen LogP contribution is -2.44. The fourth-order valence-electron chi connectivity index (χ4n) is 1.41. The van der Waals surface area contributed by atoms with E-state index in [0.717, 1.165) is 11.3 Å². The van der Waals surface area contributed by atoms with Crippen LogP contribution in [0.1, 0.15) is 5.56 Å². The van der Waals surface area contributed by atoms with E-state index in [2.05, 4.69) is 5.32 Å². The summed E-state index contributed by atoms with van der Waals surface area (Å²) in [6.07, 6.45) is 0.384. The maximum Gasteiger partial charge on any atom is 0.237 e. The molecular formula is C12H17N3O3. The molecular weight excluding hydrogens is 234 g/mol. The smallest absolute Gasteiger partial charge is 0.237 e. The van der Waals surface area contributed by atoms with Crippen LogP contribution >= 0.6 is 0 Å². The number of hydrogen-bond acceptors (Lipinski definition) is 4. The zero-order chi connectivity index (χ0) is 13.5. The molecule has 0 spiro atoms. The van der Waals surface area contributed by atoms with Gasteiger partial charge in [-0.15, -0.1) is 0 Å². The highest BCUT2D eigenvalue weighted by atomic mass is 16.5. The molecule has 6 nitrogen and oxygen atoms in total. The minimum atomic E-state index is -0.710. The summed E-state index contributed by atoms with van der Waals surface area (Å²) in [5.41, 5.74) is 11.5. The normalized spacial score (nSPS) is 11.7. The van der Waals surface area contributed by atoms with E-state index in [-0.39, 0.29) is 6.54 Å². The standard InChI is InChI=1S/C12H17N3O3/c1-18-9-4-2-8(3-5-9)6-10(13)12(17)15-7-11(14)16/h2-5,10H,6-7,13H2,1H3,(H2,14,16)(H,15,17)/t10-/m1/s1. The van der Waals surface area contributed by atoms with Crippen LogP contribution in [0.2, 0.25) is 0 Å². The maximum absolute atomic E-state index is 11.5. The molecule has 0 aliphatic carbocycles. The number of primary amides is 1. The van der Waals surface area contributed by atoms with Gasteiger partial charge in [0.15, 0.2) is 0 Å². The van der Waals surface area contributed by atoms with Crippen molar-refractivity contribution in [2.24, 2.45) is 11.5 Å². The Labute approximate surface area is 105 Å². The van der Waals surface area contributed by atoms with Crippen molar-refractivity contribution in [3.8, 4) is 5.75 Å². The lowest BCUT2D eigenvalue weighted by atomic mass is 10.1. The second-order valence-electron chi connectivity index (χ2n) is 3.84. The number of methoxy groups -OCH3 is 1. The molecule has 6 heteroatoms. The molecule has 0 aromatic heterocycles. The minimum absolute atomic E-state index is 0.199. The van der Waals surface area contributed by atoms with E-state index in [1.54, 1.807) is 19.2 Å². The van der Waals surface area contributed by atoms with Crippen LogP contribution in [0.4, 0.5) is 0 Å². The molecule has 1 atom stereocenters. The number of carbonyl (C=O) groups is 2. The summed E-state index contributed by atoms with van der Waals surface area (Å²) in [6.45, 7) is -0.199. The SMILES string of the molecule is COc1ccc(C[C@@H](N)C(=O)NCC(N)=O)cc1. The van der Waals surface area contributed by atoms with Gasteiger partial charge in [-0.05, 0) is 24.1 Å². The summed E-state index contributed by atoms with van der Waals surface area (Å²) in [6, 6.07) is 6.55. The van der Waals surface area contributed by atoms with Crippen molar-refractivity contribution in [1.82, 2.24) is 5.32 Å². The molecule has 0 radical (unpaired) electrons. The van der Waals surface area contributed by atoms with Gasteiger partial charge >= 0.3 is 0 Å². The molecule has 0 bridgehead atoms. The predicted molar refractivity (Wildman–Crippen MR) is 66.9 cm³/mol. The molecule has 0 fully saturated rings. The molecule has 0 unspecified atom stereocenters. The van der Waals surface area contributed by atoms with Gasteiger partial charge in [0, 0.05) is 0 Å². The number of benzene rings is 1. The van der Waals surface area contributed by atoms with Gasteiger partial charge < -0.3 is 21.5 Å². The van der Waals surface area contributed by atoms with E-state index in [1.165, 1.54) is 0 Å². The molecule has 0 aliphatic heterocycles. The largest absolute Gasteiger partial charge is 0.497 e. The van der Waals surface area contributed by atoms with E-state index < -0.39 is 17.9 Å². The highest BCUT2D eigenvalue weighted by Crippen LogP contribution is 2.12. The van der Waals surface area contributed by atoms with Crippen LogP contribution < -0.4 is 21.5 Å². The van der Waals surface area contributed by atoms with Crippen molar-refractivity contribution >= 4 is 11.8 Å². The minimum Gasteiger partial charge on any atom is -0.497 e. The van der Waals surface area contributed by atoms with E-state index in [9.17, 15) is 9.59 Å². The number of rotatable bonds is 6. The van der Waals surface area contributed by atoms with Crippen LogP contribution in [0.3, 0.4) is 0 Å². The lowest BCUT2D eigenvalue weighted by Gasteiger charge is -2.11. The van der Waals surface area contributed by atoms with Gasteiger partial charge in [0.05, 0.1) is 19.7 Å². The fourth-order valence-corrected chi connectivity index (χ4v) is 1.41. The van der Waals surface area contributed by atoms with Crippen molar-refractivity contribution in [2.75, 3.05) is 13.7 Å². The highest BCUT2D eigenvalue weighted by molar-refractivity contribution is 5.86. The first-order valence-corrected chi connectivity index (χ1v) is 5.47. The monoisotopic (exact) mass is 251 g/mol. The van der Waals surface area contributed by atoms with Crippen LogP contribution in [0.15, 0.2) is 24.3 Å². The first-order chi connectivity index (χ1) is 8.52. The summed E-state index contributed by atoms with van der Waals surface area (Å²) in [5.74, 6) is -0.255. The Morgan fingerprint density at radius 3 is 2.44 bits per heavy atom. The molecule has 18 heavy (non-hydrogen) atoms. The number of amides is 2. The summed E-state index contributed by atoms with van der Waals surface area (Å²) in [5, 5.41) is 2.36. The Balaban J connectivity index is 2.49. The van der Waals surface area contributed by atoms with Crippen molar-refractivity contribution in [2.45, 2.75) is 12.5 Å². The average molecular weight is 251 g/mol. The number of nitrogens with one attached hydrogen (secondary N) is 1. The van der Waals surface area contributed by atoms with Gasteiger partial charge in [-0.2, -0.15) is 0 Å². The van der Waals surface area contributed by atoms with Gasteiger partial charge in [-0.3, -0.25) is 9.59 Å². The average Bonchev–Trinajstić information content (AvgIpc) is 2.36. The molecule has 98 valence electrons. The quantitative estimate of drug-likeness (QED) is 0.613. The third-order valence-electron chi connectivity index (χ3n) is 2.39. The zero-order valence-electron chi connectivity index (χ0n) is 10.2. The molecule has 0 aliphatic rings. The molecule has 5 N–H and O–H groups in total. The second kappa shape index (κ2) is 6.61. The summed E-state index contributed by atoms with van der Waals surface area (Å²) in [7, 11) is 1.58. The van der Waals surface area contributed by atoms with Crippen LogP contribution in [-0.4, -0.2) is 31.5 Å². The highest BCUT2D eigenvalue weighted by Gasteiger charge is 2.14. The Kier molecular flexibility index (Phi) is 5.13. The Hall–Kier alpha value is -2.08. The van der Waals surface area contributed by atoms with E-state index >= 15 is 0 Å². The van der Waals surface area contributed by atoms with Crippen molar-refractivity contribution in [3.63, 3.8) is 0 Å². The van der Waals surface area contributed by atoms with Crippen molar-refractivity contribution < 1.29 is 14.3 Å². The van der Waals surface area contributed by atoms with Crippen molar-refractivity contribution in [1.29, 1.82) is 0 Å². The van der Waals surface area contributed by atoms with Crippen LogP contribution in [-0.2, 0) is 16.0 Å². The molecule has 0 heterocycles. The predicted octanol–water partition coefficient (Wildman–Crippen LogP) is -0.833. The third kappa shape index (κ3) is 4.42. The van der Waals surface area contributed by atoms with Crippen LogP contribution in [0, 0.1) is 0 Å². The van der Waals surface area contributed by atoms with Crippen molar-refractivity contribution in [3.05, 3.63) is 29.8 Å². The number of nitrogens with two attached hydrogens (primary N) is 2. The molecule has 1 rings (SSSR count). The zero-order valence-corrected chi connectivity index (χ0v) is 10.2. The Morgan fingerprint density at radius 2 is 1.94 bits per heavy atom. The summed E-state index contributed by atoms with van der Waals surface area (Å²) >= 11 is 0. The maximum atomic E-state index is 11.5. The van der Waals surface area contributed by atoms with E-state index in [1.807, 2.05) is 12.1 Å². The molecule has 0 saturated carbocycles. The van der Waals surface area contributed by atoms with Gasteiger partial charge in [-0.25, -0.2) is 0 Å². The Bertz CT molecular complexity index is 417. The number of ether oxygens (including phenoxy) is 1. The first kappa shape index (κ1) is 14.0. The molecule has 2 amide bonds. The van der Waals surface area contributed by atoms with Gasteiger partial charge in [0.25, 0.3) is 0 Å². The van der Waals surface area contributed by atoms with Crippen LogP contribution in [0.5, 0.6) is 5.75 Å². The van der Waals surface area contributed by atoms with Gasteiger partial charge in [-0.1, -0.05) is 12.1 Å². The Morgan fingerprint density at radius 1 is 1.33 bits per heavy atom. The molecule has 0 saturated heterocycles. The molecule has 1 aromatic carbocycles.